The number of fused-ring (bicyclic) bond motifs is 4. The maximum atomic E-state index is 13.3. The number of benzene rings is 2. The molecule has 1 aliphatic rings. The fourth-order valence-corrected chi connectivity index (χ4v) is 5.32. The molecule has 0 bridgehead atoms. The summed E-state index contributed by atoms with van der Waals surface area (Å²) in [6, 6.07) is 15.8. The van der Waals surface area contributed by atoms with Crippen molar-refractivity contribution in [3.63, 3.8) is 0 Å². The van der Waals surface area contributed by atoms with E-state index in [1.54, 1.807) is 4.57 Å². The van der Waals surface area contributed by atoms with Crippen molar-refractivity contribution in [3.05, 3.63) is 64.4 Å². The molecule has 1 aliphatic heterocycles. The minimum atomic E-state index is -0.0614. The molecule has 8 heteroatoms. The highest BCUT2D eigenvalue weighted by Gasteiger charge is 2.28. The van der Waals surface area contributed by atoms with Crippen molar-refractivity contribution in [2.24, 2.45) is 0 Å². The average Bonchev–Trinajstić information content (AvgIpc) is 3.24. The van der Waals surface area contributed by atoms with Gasteiger partial charge in [0, 0.05) is 18.3 Å². The fraction of sp³-hybridized carbons (Fsp3) is 0.333. The second-order valence-electron chi connectivity index (χ2n) is 8.16. The number of nitrogens with zero attached hydrogens (tertiary/aromatic N) is 5. The number of carbonyl (C=O) groups excluding carboxylic acids is 1. The van der Waals surface area contributed by atoms with Crippen LogP contribution in [-0.4, -0.2) is 36.9 Å². The molecule has 1 atom stereocenters. The number of hydrogen-bond donors (Lipinski definition) is 0. The first kappa shape index (κ1) is 20.8. The normalized spacial score (nSPS) is 15.9. The number of aromatic nitrogens is 4. The van der Waals surface area contributed by atoms with Gasteiger partial charge in [-0.15, -0.1) is 10.2 Å². The zero-order valence-corrected chi connectivity index (χ0v) is 19.0. The van der Waals surface area contributed by atoms with Crippen molar-refractivity contribution in [2.45, 2.75) is 50.9 Å². The first-order chi connectivity index (χ1) is 15.6. The molecular weight excluding hydrogens is 422 g/mol. The lowest BCUT2D eigenvalue weighted by Crippen LogP contribution is -2.43. The number of para-hydroxylation sites is 2. The maximum Gasteiger partial charge on any atom is 0.262 e. The highest BCUT2D eigenvalue weighted by atomic mass is 32.2. The average molecular weight is 448 g/mol. The number of carbonyl (C=O) groups is 1. The molecule has 7 nitrogen and oxygen atoms in total. The van der Waals surface area contributed by atoms with Crippen LogP contribution in [0.4, 0.5) is 5.69 Å². The molecule has 4 aromatic rings. The van der Waals surface area contributed by atoms with Gasteiger partial charge in [0.1, 0.15) is 0 Å². The van der Waals surface area contributed by atoms with Crippen LogP contribution in [0.1, 0.15) is 32.3 Å². The lowest BCUT2D eigenvalue weighted by atomic mass is 9.97. The largest absolute Gasteiger partial charge is 0.309 e. The lowest BCUT2D eigenvalue weighted by Gasteiger charge is -2.35. The van der Waals surface area contributed by atoms with Crippen molar-refractivity contribution >= 4 is 40.0 Å². The van der Waals surface area contributed by atoms with Gasteiger partial charge < -0.3 is 4.90 Å². The Kier molecular flexibility index (Phi) is 5.46. The van der Waals surface area contributed by atoms with E-state index < -0.39 is 0 Å². The van der Waals surface area contributed by atoms with Gasteiger partial charge in [-0.1, -0.05) is 49.0 Å². The van der Waals surface area contributed by atoms with Crippen molar-refractivity contribution < 1.29 is 4.79 Å². The standard InChI is InChI=1S/C24H25N5O2S/c1-3-14-27-22(31)18-9-5-7-11-20(18)29-23(27)25-26-24(29)32-15-21(30)28-16(2)12-13-17-8-4-6-10-19(17)28/h4-11,16H,3,12-15H2,1-2H3. The molecule has 1 amide bonds. The molecule has 5 rings (SSSR count). The smallest absolute Gasteiger partial charge is 0.262 e. The van der Waals surface area contributed by atoms with Crippen LogP contribution in [0.3, 0.4) is 0 Å². The van der Waals surface area contributed by atoms with Gasteiger partial charge in [-0.05, 0) is 49.9 Å². The monoisotopic (exact) mass is 447 g/mol. The summed E-state index contributed by atoms with van der Waals surface area (Å²) >= 11 is 1.37. The Hall–Kier alpha value is -3.13. The van der Waals surface area contributed by atoms with Crippen LogP contribution in [0.25, 0.3) is 16.7 Å². The minimum Gasteiger partial charge on any atom is -0.309 e. The van der Waals surface area contributed by atoms with E-state index in [2.05, 4.69) is 23.2 Å². The predicted molar refractivity (Wildman–Crippen MR) is 127 cm³/mol. The number of hydrogen-bond acceptors (Lipinski definition) is 5. The minimum absolute atomic E-state index is 0.0533. The molecule has 0 spiro atoms. The van der Waals surface area contributed by atoms with E-state index in [4.69, 9.17) is 0 Å². The first-order valence-electron chi connectivity index (χ1n) is 11.0. The highest BCUT2D eigenvalue weighted by molar-refractivity contribution is 7.99. The number of amides is 1. The second-order valence-corrected chi connectivity index (χ2v) is 9.10. The lowest BCUT2D eigenvalue weighted by molar-refractivity contribution is -0.116. The van der Waals surface area contributed by atoms with E-state index in [1.165, 1.54) is 17.3 Å². The van der Waals surface area contributed by atoms with Crippen LogP contribution in [0.5, 0.6) is 0 Å². The summed E-state index contributed by atoms with van der Waals surface area (Å²) in [4.78, 5) is 28.2. The Bertz CT molecular complexity index is 1380. The van der Waals surface area contributed by atoms with Gasteiger partial charge in [0.25, 0.3) is 5.56 Å². The molecule has 1 unspecified atom stereocenters. The second kappa shape index (κ2) is 8.43. The summed E-state index contributed by atoms with van der Waals surface area (Å²) in [5.74, 6) is 0.820. The van der Waals surface area contributed by atoms with E-state index in [1.807, 2.05) is 58.7 Å². The summed E-state index contributed by atoms with van der Waals surface area (Å²) in [5, 5.41) is 9.92. The summed E-state index contributed by atoms with van der Waals surface area (Å²) in [7, 11) is 0. The Labute approximate surface area is 190 Å². The Morgan fingerprint density at radius 2 is 1.91 bits per heavy atom. The van der Waals surface area contributed by atoms with E-state index in [9.17, 15) is 9.59 Å². The summed E-state index contributed by atoms with van der Waals surface area (Å²) in [6.07, 6.45) is 2.76. The van der Waals surface area contributed by atoms with Crippen molar-refractivity contribution in [2.75, 3.05) is 10.7 Å². The molecule has 0 radical (unpaired) electrons. The van der Waals surface area contributed by atoms with Crippen LogP contribution in [0.15, 0.2) is 58.5 Å². The number of thioether (sulfide) groups is 1. The molecule has 0 N–H and O–H groups in total. The van der Waals surface area contributed by atoms with E-state index in [0.717, 1.165) is 30.5 Å². The SMILES string of the molecule is CCCn1c(=O)c2ccccc2n2c(SCC(=O)N3c4ccccc4CCC3C)nnc12. The summed E-state index contributed by atoms with van der Waals surface area (Å²) in [5.41, 5.74) is 2.92. The molecule has 0 saturated carbocycles. The first-order valence-corrected chi connectivity index (χ1v) is 12.0. The Balaban J connectivity index is 1.51. The molecule has 164 valence electrons. The number of rotatable bonds is 5. The quantitative estimate of drug-likeness (QED) is 0.434. The molecule has 0 saturated heterocycles. The van der Waals surface area contributed by atoms with Gasteiger partial charge in [0.15, 0.2) is 5.16 Å². The van der Waals surface area contributed by atoms with Gasteiger partial charge in [-0.25, -0.2) is 0 Å². The van der Waals surface area contributed by atoms with Gasteiger partial charge >= 0.3 is 0 Å². The van der Waals surface area contributed by atoms with Crippen LogP contribution < -0.4 is 10.5 Å². The van der Waals surface area contributed by atoms with Crippen LogP contribution in [-0.2, 0) is 17.8 Å². The summed E-state index contributed by atoms with van der Waals surface area (Å²) in [6.45, 7) is 4.69. The third-order valence-electron chi connectivity index (χ3n) is 6.04. The Morgan fingerprint density at radius 1 is 1.12 bits per heavy atom. The molecule has 3 heterocycles. The van der Waals surface area contributed by atoms with E-state index in [0.29, 0.717) is 22.9 Å². The van der Waals surface area contributed by atoms with E-state index in [-0.39, 0.29) is 23.3 Å². The van der Waals surface area contributed by atoms with Crippen LogP contribution in [0, 0.1) is 0 Å². The zero-order chi connectivity index (χ0) is 22.2. The molecule has 0 aliphatic carbocycles. The molecule has 2 aromatic heterocycles. The molecule has 0 fully saturated rings. The van der Waals surface area contributed by atoms with Gasteiger partial charge in [-0.3, -0.25) is 18.6 Å². The van der Waals surface area contributed by atoms with Crippen molar-refractivity contribution in [1.29, 1.82) is 0 Å². The topological polar surface area (TPSA) is 72.5 Å². The van der Waals surface area contributed by atoms with Crippen LogP contribution >= 0.6 is 11.8 Å². The van der Waals surface area contributed by atoms with Gasteiger partial charge in [-0.2, -0.15) is 0 Å². The van der Waals surface area contributed by atoms with Gasteiger partial charge in [0.05, 0.1) is 16.7 Å². The molecule has 32 heavy (non-hydrogen) atoms. The predicted octanol–water partition coefficient (Wildman–Crippen LogP) is 3.91. The molecule has 2 aromatic carbocycles. The number of aryl methyl sites for hydroxylation is 2. The molecular formula is C24H25N5O2S. The van der Waals surface area contributed by atoms with Crippen molar-refractivity contribution in [3.8, 4) is 0 Å². The Morgan fingerprint density at radius 3 is 2.75 bits per heavy atom. The van der Waals surface area contributed by atoms with Crippen LogP contribution in [0.2, 0.25) is 0 Å². The highest BCUT2D eigenvalue weighted by Crippen LogP contribution is 2.31. The zero-order valence-electron chi connectivity index (χ0n) is 18.2. The number of anilines is 1. The fourth-order valence-electron chi connectivity index (χ4n) is 4.52. The maximum absolute atomic E-state index is 13.3. The third-order valence-corrected chi connectivity index (χ3v) is 6.96. The van der Waals surface area contributed by atoms with Gasteiger partial charge in [0.2, 0.25) is 11.7 Å². The van der Waals surface area contributed by atoms with Crippen molar-refractivity contribution in [1.82, 2.24) is 19.2 Å². The summed E-state index contributed by atoms with van der Waals surface area (Å²) < 4.78 is 3.57. The third kappa shape index (κ3) is 3.39. The van der Waals surface area contributed by atoms with E-state index >= 15 is 0 Å².